The molecule has 0 unspecified atom stereocenters. The number of carbonyl (C=O) groups is 6. The summed E-state index contributed by atoms with van der Waals surface area (Å²) < 4.78 is 18.4. The van der Waals surface area contributed by atoms with Gasteiger partial charge in [-0.05, 0) is 81.2 Å². The van der Waals surface area contributed by atoms with Crippen LogP contribution in [0.3, 0.4) is 0 Å². The monoisotopic (exact) mass is 874 g/mol. The largest absolute Gasteiger partial charge is 0.458 e. The van der Waals surface area contributed by atoms with Crippen LogP contribution in [0.5, 0.6) is 5.75 Å². The predicted molar refractivity (Wildman–Crippen MR) is 244 cm³/mol. The zero-order valence-corrected chi connectivity index (χ0v) is 35.0. The number of Topliss-reactive ketones (excluding diaryl/α,β-unsaturated/α-hetero) is 4. The van der Waals surface area contributed by atoms with Gasteiger partial charge in [0.2, 0.25) is 0 Å². The summed E-state index contributed by atoms with van der Waals surface area (Å²) in [5, 5.41) is 3.28. The van der Waals surface area contributed by atoms with Gasteiger partial charge in [0.05, 0.1) is 20.9 Å². The number of allylic oxidation sites excluding steroid dienone is 2. The number of ketones is 4. The van der Waals surface area contributed by atoms with E-state index in [2.05, 4.69) is 0 Å². The second-order valence-electron chi connectivity index (χ2n) is 15.6. The summed E-state index contributed by atoms with van der Waals surface area (Å²) in [6.07, 6.45) is 2.97. The van der Waals surface area contributed by atoms with Gasteiger partial charge in [0.25, 0.3) is 0 Å². The van der Waals surface area contributed by atoms with Crippen LogP contribution in [0.15, 0.2) is 157 Å². The van der Waals surface area contributed by atoms with Crippen LogP contribution in [-0.4, -0.2) is 35.1 Å². The molecule has 9 nitrogen and oxygen atoms in total. The van der Waals surface area contributed by atoms with Crippen LogP contribution >= 0.6 is 22.7 Å². The quantitative estimate of drug-likeness (QED) is 0.0634. The molecule has 0 spiro atoms. The SMILES string of the molecule is O=C1C(=Cc2cc3c(s2)-c2sc(C=C4C(=O)c5cc6ccccc6cc5C4=O)cc2C(C(=O)OCc2ccccc2)(C(=O)OCc2ccccc2)O3)C(=O)c2cc3ccccc3cc21. The van der Waals surface area contributed by atoms with Crippen LogP contribution in [-0.2, 0) is 37.9 Å². The number of rotatable bonds is 8. The maximum absolute atomic E-state index is 14.8. The van der Waals surface area contributed by atoms with E-state index in [1.165, 1.54) is 23.5 Å². The topological polar surface area (TPSA) is 130 Å². The molecule has 8 aromatic rings. The molecule has 6 aromatic carbocycles. The van der Waals surface area contributed by atoms with E-state index in [1.807, 2.05) is 60.7 Å². The van der Waals surface area contributed by atoms with E-state index in [4.69, 9.17) is 14.2 Å². The summed E-state index contributed by atoms with van der Waals surface area (Å²) >= 11 is 2.33. The zero-order valence-electron chi connectivity index (χ0n) is 33.4. The molecule has 0 amide bonds. The van der Waals surface area contributed by atoms with Crippen molar-refractivity contribution in [2.75, 3.05) is 0 Å². The lowest BCUT2D eigenvalue weighted by molar-refractivity contribution is -0.183. The fourth-order valence-corrected chi connectivity index (χ4v) is 10.8. The third-order valence-electron chi connectivity index (χ3n) is 11.6. The molecule has 3 aliphatic rings. The lowest BCUT2D eigenvalue weighted by atomic mass is 9.90. The Morgan fingerprint density at radius 3 is 1.28 bits per heavy atom. The van der Waals surface area contributed by atoms with Gasteiger partial charge in [-0.25, -0.2) is 9.59 Å². The van der Waals surface area contributed by atoms with Crippen LogP contribution in [0.4, 0.5) is 0 Å². The third-order valence-corrected chi connectivity index (χ3v) is 13.9. The number of esters is 2. The smallest absolute Gasteiger partial charge is 0.367 e. The summed E-state index contributed by atoms with van der Waals surface area (Å²) in [5.74, 6) is -3.75. The van der Waals surface area contributed by atoms with Gasteiger partial charge >= 0.3 is 17.5 Å². The van der Waals surface area contributed by atoms with Crippen molar-refractivity contribution in [1.29, 1.82) is 0 Å². The molecule has 0 saturated carbocycles. The molecule has 2 aliphatic carbocycles. The number of thiophene rings is 2. The Morgan fingerprint density at radius 2 is 0.859 bits per heavy atom. The number of ether oxygens (including phenoxy) is 3. The van der Waals surface area contributed by atoms with Crippen LogP contribution in [0.25, 0.3) is 43.5 Å². The highest BCUT2D eigenvalue weighted by molar-refractivity contribution is 7.23. The van der Waals surface area contributed by atoms with Crippen LogP contribution in [0.1, 0.15) is 67.9 Å². The highest BCUT2D eigenvalue weighted by Crippen LogP contribution is 2.55. The molecule has 1 aliphatic heterocycles. The normalized spacial score (nSPS) is 14.5. The molecule has 64 heavy (non-hydrogen) atoms. The molecule has 0 atom stereocenters. The molecule has 0 radical (unpaired) electrons. The first-order valence-corrected chi connectivity index (χ1v) is 21.9. The minimum Gasteiger partial charge on any atom is -0.458 e. The Balaban J connectivity index is 1.04. The maximum Gasteiger partial charge on any atom is 0.367 e. The Kier molecular flexibility index (Phi) is 9.26. The Labute approximate surface area is 372 Å². The molecule has 0 saturated heterocycles. The Morgan fingerprint density at radius 1 is 0.484 bits per heavy atom. The van der Waals surface area contributed by atoms with Gasteiger partial charge in [-0.1, -0.05) is 109 Å². The summed E-state index contributed by atoms with van der Waals surface area (Å²) in [6, 6.07) is 42.9. The van der Waals surface area contributed by atoms with Crippen LogP contribution in [0, 0.1) is 0 Å². The number of hydrogen-bond acceptors (Lipinski definition) is 11. The second kappa shape index (κ2) is 15.2. The predicted octanol–water partition coefficient (Wildman–Crippen LogP) is 10.8. The van der Waals surface area contributed by atoms with Crippen molar-refractivity contribution < 1.29 is 43.0 Å². The number of carbonyl (C=O) groups excluding carboxylic acids is 6. The van der Waals surface area contributed by atoms with Crippen molar-refractivity contribution in [3.63, 3.8) is 0 Å². The van der Waals surface area contributed by atoms with Crippen LogP contribution in [0.2, 0.25) is 0 Å². The van der Waals surface area contributed by atoms with Crippen molar-refractivity contribution >= 4 is 91.4 Å². The molecule has 0 N–H and O–H groups in total. The van der Waals surface area contributed by atoms with Gasteiger partial charge in [-0.2, -0.15) is 0 Å². The molecule has 3 heterocycles. The molecule has 0 fully saturated rings. The lowest BCUT2D eigenvalue weighted by Gasteiger charge is -2.33. The Bertz CT molecular complexity index is 3260. The second-order valence-corrected chi connectivity index (χ2v) is 17.7. The zero-order chi connectivity index (χ0) is 43.7. The van der Waals surface area contributed by atoms with Gasteiger partial charge in [0, 0.05) is 37.6 Å². The van der Waals surface area contributed by atoms with E-state index < -0.39 is 40.7 Å². The van der Waals surface area contributed by atoms with Crippen molar-refractivity contribution in [2.24, 2.45) is 0 Å². The van der Waals surface area contributed by atoms with Crippen molar-refractivity contribution in [3.05, 3.63) is 205 Å². The standard InChI is InChI=1S/C53H30O9S2/c54-45-37-19-31-15-7-8-16-32(31)20-38(37)46(55)41(45)23-35-25-43-49(63-35)50-44(26-36(64-50)24-42-47(56)39-21-33-17-9-10-18-34(33)22-40(39)48(42)57)62-53(43,51(58)60-27-29-11-3-1-4-12-29)52(59)61-28-30-13-5-2-6-14-30/h1-26H,27-28H2. The number of fused-ring (bicyclic) bond motifs is 7. The molecule has 0 bridgehead atoms. The number of benzene rings is 6. The van der Waals surface area contributed by atoms with Gasteiger partial charge in [0.15, 0.2) is 23.1 Å². The summed E-state index contributed by atoms with van der Waals surface area (Å²) in [7, 11) is 0. The first-order valence-electron chi connectivity index (χ1n) is 20.2. The van der Waals surface area contributed by atoms with E-state index in [0.717, 1.165) is 32.9 Å². The third kappa shape index (κ3) is 6.35. The summed E-state index contributed by atoms with van der Waals surface area (Å²) in [5.41, 5.74) is -0.0572. The van der Waals surface area contributed by atoms with Gasteiger partial charge in [0.1, 0.15) is 19.0 Å². The van der Waals surface area contributed by atoms with E-state index >= 15 is 0 Å². The minimum atomic E-state index is -2.52. The first-order chi connectivity index (χ1) is 31.2. The highest BCUT2D eigenvalue weighted by atomic mass is 32.1. The first kappa shape index (κ1) is 39.0. The highest BCUT2D eigenvalue weighted by Gasteiger charge is 2.59. The van der Waals surface area contributed by atoms with Crippen LogP contribution < -0.4 is 4.74 Å². The lowest BCUT2D eigenvalue weighted by Crippen LogP contribution is -2.52. The molecular weight excluding hydrogens is 845 g/mol. The van der Waals surface area contributed by atoms with E-state index in [9.17, 15) is 28.8 Å². The van der Waals surface area contributed by atoms with E-state index in [0.29, 0.717) is 41.8 Å². The average molecular weight is 875 g/mol. The average Bonchev–Trinajstić information content (AvgIpc) is 4.06. The van der Waals surface area contributed by atoms with Crippen molar-refractivity contribution in [1.82, 2.24) is 0 Å². The van der Waals surface area contributed by atoms with Crippen molar-refractivity contribution in [2.45, 2.75) is 18.8 Å². The van der Waals surface area contributed by atoms with Gasteiger partial charge in [-0.3, -0.25) is 19.2 Å². The fraction of sp³-hybridized carbons (Fsp3) is 0.0566. The Hall–Kier alpha value is -7.86. The van der Waals surface area contributed by atoms with E-state index in [-0.39, 0.29) is 46.8 Å². The van der Waals surface area contributed by atoms with Gasteiger partial charge in [-0.15, -0.1) is 22.7 Å². The fourth-order valence-electron chi connectivity index (χ4n) is 8.43. The molecular formula is C53H30O9S2. The maximum atomic E-state index is 14.8. The molecule has 11 rings (SSSR count). The summed E-state index contributed by atoms with van der Waals surface area (Å²) in [4.78, 5) is 86.8. The molecule has 2 aromatic heterocycles. The summed E-state index contributed by atoms with van der Waals surface area (Å²) in [6.45, 7) is -0.396. The molecule has 11 heteroatoms. The van der Waals surface area contributed by atoms with Gasteiger partial charge < -0.3 is 14.2 Å². The van der Waals surface area contributed by atoms with E-state index in [1.54, 1.807) is 84.9 Å². The van der Waals surface area contributed by atoms with Crippen molar-refractivity contribution in [3.8, 4) is 15.5 Å². The minimum absolute atomic E-state index is 0.0398. The number of hydrogen-bond donors (Lipinski definition) is 0. The molecule has 308 valence electrons.